The van der Waals surface area contributed by atoms with E-state index in [1.807, 2.05) is 13.8 Å². The van der Waals surface area contributed by atoms with Gasteiger partial charge in [0.15, 0.2) is 5.96 Å². The molecule has 0 rings (SSSR count). The van der Waals surface area contributed by atoms with Gasteiger partial charge in [-0.15, -0.1) is 0 Å². The Labute approximate surface area is 104 Å². The fourth-order valence-electron chi connectivity index (χ4n) is 1.19. The molecule has 100 valence electrons. The summed E-state index contributed by atoms with van der Waals surface area (Å²) >= 11 is 0. The normalized spacial score (nSPS) is 11.6. The molecule has 0 heterocycles. The van der Waals surface area contributed by atoms with Gasteiger partial charge >= 0.3 is 5.97 Å². The molecule has 0 bridgehead atoms. The summed E-state index contributed by atoms with van der Waals surface area (Å²) in [7, 11) is 0. The monoisotopic (exact) mass is 243 g/mol. The SMILES string of the molecule is CCCCNC(N)=NCCCC(=O)OC(C)C. The second-order valence-electron chi connectivity index (χ2n) is 4.19. The van der Waals surface area contributed by atoms with Crippen molar-refractivity contribution in [2.75, 3.05) is 13.1 Å². The van der Waals surface area contributed by atoms with Crippen LogP contribution in [0.2, 0.25) is 0 Å². The third-order valence-corrected chi connectivity index (χ3v) is 2.02. The molecular formula is C12H25N3O2. The average molecular weight is 243 g/mol. The maximum atomic E-state index is 11.2. The molecule has 0 fully saturated rings. The quantitative estimate of drug-likeness (QED) is 0.292. The van der Waals surface area contributed by atoms with Crippen LogP contribution < -0.4 is 11.1 Å². The highest BCUT2D eigenvalue weighted by Gasteiger charge is 2.04. The van der Waals surface area contributed by atoms with E-state index in [2.05, 4.69) is 17.2 Å². The highest BCUT2D eigenvalue weighted by Crippen LogP contribution is 1.97. The molecule has 0 spiro atoms. The third-order valence-electron chi connectivity index (χ3n) is 2.02. The number of nitrogens with zero attached hydrogens (tertiary/aromatic N) is 1. The molecule has 0 aromatic rings. The number of ether oxygens (including phenoxy) is 1. The van der Waals surface area contributed by atoms with Crippen LogP contribution in [0.4, 0.5) is 0 Å². The van der Waals surface area contributed by atoms with E-state index in [-0.39, 0.29) is 12.1 Å². The van der Waals surface area contributed by atoms with Crippen LogP contribution in [0.25, 0.3) is 0 Å². The molecule has 0 unspecified atom stereocenters. The second kappa shape index (κ2) is 9.93. The van der Waals surface area contributed by atoms with Crippen LogP contribution in [0.5, 0.6) is 0 Å². The summed E-state index contributed by atoms with van der Waals surface area (Å²) in [6.07, 6.45) is 3.22. The Kier molecular flexibility index (Phi) is 9.19. The Hall–Kier alpha value is -1.26. The minimum Gasteiger partial charge on any atom is -0.463 e. The van der Waals surface area contributed by atoms with Crippen LogP contribution >= 0.6 is 0 Å². The zero-order chi connectivity index (χ0) is 13.1. The van der Waals surface area contributed by atoms with E-state index < -0.39 is 0 Å². The predicted molar refractivity (Wildman–Crippen MR) is 69.9 cm³/mol. The molecule has 0 aromatic carbocycles. The molecule has 0 aromatic heterocycles. The summed E-state index contributed by atoms with van der Waals surface area (Å²) < 4.78 is 5.00. The number of aliphatic imine (C=N–C) groups is 1. The van der Waals surface area contributed by atoms with Crippen molar-refractivity contribution in [1.29, 1.82) is 0 Å². The molecule has 0 saturated heterocycles. The summed E-state index contributed by atoms with van der Waals surface area (Å²) in [5, 5.41) is 3.02. The standard InChI is InChI=1S/C12H25N3O2/c1-4-5-8-14-12(13)15-9-6-7-11(16)17-10(2)3/h10H,4-9H2,1-3H3,(H3,13,14,15). The number of esters is 1. The van der Waals surface area contributed by atoms with Crippen LogP contribution in [0.15, 0.2) is 4.99 Å². The molecule has 5 heteroatoms. The number of guanidine groups is 1. The lowest BCUT2D eigenvalue weighted by molar-refractivity contribution is -0.147. The van der Waals surface area contributed by atoms with Crippen LogP contribution in [0.3, 0.4) is 0 Å². The Morgan fingerprint density at radius 1 is 1.41 bits per heavy atom. The topological polar surface area (TPSA) is 76.7 Å². The first-order valence-corrected chi connectivity index (χ1v) is 6.29. The van der Waals surface area contributed by atoms with Gasteiger partial charge in [-0.1, -0.05) is 13.3 Å². The second-order valence-corrected chi connectivity index (χ2v) is 4.19. The number of unbranched alkanes of at least 4 members (excludes halogenated alkanes) is 1. The first-order valence-electron chi connectivity index (χ1n) is 6.29. The number of carbonyl (C=O) groups excluding carboxylic acids is 1. The van der Waals surface area contributed by atoms with Gasteiger partial charge in [0, 0.05) is 19.5 Å². The smallest absolute Gasteiger partial charge is 0.306 e. The van der Waals surface area contributed by atoms with Crippen molar-refractivity contribution in [2.24, 2.45) is 10.7 Å². The summed E-state index contributed by atoms with van der Waals surface area (Å²) in [5.41, 5.74) is 5.63. The number of hydrogen-bond acceptors (Lipinski definition) is 3. The van der Waals surface area contributed by atoms with Gasteiger partial charge in [0.2, 0.25) is 0 Å². The lowest BCUT2D eigenvalue weighted by atomic mass is 10.3. The van der Waals surface area contributed by atoms with E-state index in [1.54, 1.807) is 0 Å². The Morgan fingerprint density at radius 3 is 2.71 bits per heavy atom. The van der Waals surface area contributed by atoms with Gasteiger partial charge < -0.3 is 15.8 Å². The molecule has 0 atom stereocenters. The van der Waals surface area contributed by atoms with Crippen molar-refractivity contribution in [2.45, 2.75) is 52.6 Å². The van der Waals surface area contributed by atoms with Crippen LogP contribution in [0, 0.1) is 0 Å². The highest BCUT2D eigenvalue weighted by atomic mass is 16.5. The summed E-state index contributed by atoms with van der Waals surface area (Å²) in [6, 6.07) is 0. The van der Waals surface area contributed by atoms with Crippen molar-refractivity contribution in [3.8, 4) is 0 Å². The van der Waals surface area contributed by atoms with E-state index in [0.29, 0.717) is 25.3 Å². The first-order chi connectivity index (χ1) is 8.06. The maximum absolute atomic E-state index is 11.2. The summed E-state index contributed by atoms with van der Waals surface area (Å²) in [5.74, 6) is 0.281. The lowest BCUT2D eigenvalue weighted by Gasteiger charge is -2.07. The van der Waals surface area contributed by atoms with Gasteiger partial charge in [0.05, 0.1) is 6.10 Å². The van der Waals surface area contributed by atoms with Crippen molar-refractivity contribution in [1.82, 2.24) is 5.32 Å². The van der Waals surface area contributed by atoms with Gasteiger partial charge in [-0.3, -0.25) is 9.79 Å². The number of carbonyl (C=O) groups is 1. The molecule has 0 aliphatic carbocycles. The molecule has 0 amide bonds. The molecule has 3 N–H and O–H groups in total. The molecular weight excluding hydrogens is 218 g/mol. The summed E-state index contributed by atoms with van der Waals surface area (Å²) in [4.78, 5) is 15.3. The lowest BCUT2D eigenvalue weighted by Crippen LogP contribution is -2.32. The van der Waals surface area contributed by atoms with Crippen molar-refractivity contribution < 1.29 is 9.53 Å². The fourth-order valence-corrected chi connectivity index (χ4v) is 1.19. The molecule has 17 heavy (non-hydrogen) atoms. The van der Waals surface area contributed by atoms with E-state index in [4.69, 9.17) is 10.5 Å². The van der Waals surface area contributed by atoms with Gasteiger partial charge in [-0.25, -0.2) is 0 Å². The fraction of sp³-hybridized carbons (Fsp3) is 0.833. The van der Waals surface area contributed by atoms with Crippen molar-refractivity contribution >= 4 is 11.9 Å². The van der Waals surface area contributed by atoms with Crippen LogP contribution in [0.1, 0.15) is 46.5 Å². The molecule has 0 aliphatic rings. The Balaban J connectivity index is 3.54. The van der Waals surface area contributed by atoms with Gasteiger partial charge in [-0.2, -0.15) is 0 Å². The van der Waals surface area contributed by atoms with E-state index >= 15 is 0 Å². The third kappa shape index (κ3) is 11.0. The van der Waals surface area contributed by atoms with Crippen LogP contribution in [-0.2, 0) is 9.53 Å². The Bertz CT molecular complexity index is 240. The molecule has 5 nitrogen and oxygen atoms in total. The number of nitrogens with one attached hydrogen (secondary N) is 1. The number of hydrogen-bond donors (Lipinski definition) is 2. The van der Waals surface area contributed by atoms with Gasteiger partial charge in [0.25, 0.3) is 0 Å². The average Bonchev–Trinajstić information content (AvgIpc) is 2.24. The van der Waals surface area contributed by atoms with Gasteiger partial charge in [0.1, 0.15) is 0 Å². The molecule has 0 aliphatic heterocycles. The first kappa shape index (κ1) is 15.7. The largest absolute Gasteiger partial charge is 0.463 e. The van der Waals surface area contributed by atoms with Crippen molar-refractivity contribution in [3.63, 3.8) is 0 Å². The van der Waals surface area contributed by atoms with E-state index in [1.165, 1.54) is 0 Å². The van der Waals surface area contributed by atoms with E-state index in [0.717, 1.165) is 19.4 Å². The number of nitrogens with two attached hydrogens (primary N) is 1. The summed E-state index contributed by atoms with van der Waals surface area (Å²) in [6.45, 7) is 7.20. The molecule has 0 saturated carbocycles. The van der Waals surface area contributed by atoms with E-state index in [9.17, 15) is 4.79 Å². The zero-order valence-corrected chi connectivity index (χ0v) is 11.2. The van der Waals surface area contributed by atoms with Crippen molar-refractivity contribution in [3.05, 3.63) is 0 Å². The minimum atomic E-state index is -0.173. The number of rotatable bonds is 8. The van der Waals surface area contributed by atoms with Gasteiger partial charge in [-0.05, 0) is 26.7 Å². The zero-order valence-electron chi connectivity index (χ0n) is 11.2. The predicted octanol–water partition coefficient (Wildman–Crippen LogP) is 1.42. The van der Waals surface area contributed by atoms with Crippen LogP contribution in [-0.4, -0.2) is 31.1 Å². The maximum Gasteiger partial charge on any atom is 0.306 e. The molecule has 0 radical (unpaired) electrons. The Morgan fingerprint density at radius 2 is 2.12 bits per heavy atom. The highest BCUT2D eigenvalue weighted by molar-refractivity contribution is 5.77. The minimum absolute atomic E-state index is 0.0493.